The zero-order chi connectivity index (χ0) is 15.3. The molecule has 110 valence electrons. The number of nitrogens with one attached hydrogen (secondary N) is 1. The smallest absolute Gasteiger partial charge is 0.248 e. The third-order valence-corrected chi connectivity index (χ3v) is 3.02. The van der Waals surface area contributed by atoms with Crippen molar-refractivity contribution in [3.8, 4) is 0 Å². The molecule has 0 fully saturated rings. The normalized spacial score (nSPS) is 10.2. The van der Waals surface area contributed by atoms with Gasteiger partial charge in [-0.05, 0) is 31.9 Å². The SMILES string of the molecule is COCC(=O)N(C)CC(=O)Nc1c(C)cc(C)cc1C. The topological polar surface area (TPSA) is 58.6 Å². The van der Waals surface area contributed by atoms with Gasteiger partial charge in [0.15, 0.2) is 0 Å². The first-order valence-electron chi connectivity index (χ1n) is 6.45. The van der Waals surface area contributed by atoms with Crippen molar-refractivity contribution in [2.45, 2.75) is 20.8 Å². The number of benzene rings is 1. The van der Waals surface area contributed by atoms with Gasteiger partial charge in [0.1, 0.15) is 6.61 Å². The Balaban J connectivity index is 2.70. The van der Waals surface area contributed by atoms with Gasteiger partial charge in [0.25, 0.3) is 0 Å². The molecule has 5 heteroatoms. The predicted molar refractivity (Wildman–Crippen MR) is 78.8 cm³/mol. The van der Waals surface area contributed by atoms with Gasteiger partial charge in [-0.25, -0.2) is 0 Å². The average molecular weight is 278 g/mol. The molecule has 5 nitrogen and oxygen atoms in total. The molecule has 0 spiro atoms. The predicted octanol–water partition coefficient (Wildman–Crippen LogP) is 1.66. The number of methoxy groups -OCH3 is 1. The van der Waals surface area contributed by atoms with Gasteiger partial charge in [0.2, 0.25) is 11.8 Å². The summed E-state index contributed by atoms with van der Waals surface area (Å²) in [4.78, 5) is 24.9. The number of aryl methyl sites for hydroxylation is 3. The number of carbonyl (C=O) groups is 2. The van der Waals surface area contributed by atoms with E-state index in [9.17, 15) is 9.59 Å². The highest BCUT2D eigenvalue weighted by molar-refractivity contribution is 5.95. The first kappa shape index (κ1) is 16.2. The number of rotatable bonds is 5. The quantitative estimate of drug-likeness (QED) is 0.891. The molecule has 0 unspecified atom stereocenters. The van der Waals surface area contributed by atoms with E-state index in [0.29, 0.717) is 0 Å². The summed E-state index contributed by atoms with van der Waals surface area (Å²) >= 11 is 0. The van der Waals surface area contributed by atoms with Crippen molar-refractivity contribution in [3.63, 3.8) is 0 Å². The first-order valence-corrected chi connectivity index (χ1v) is 6.45. The Morgan fingerprint density at radius 1 is 1.20 bits per heavy atom. The van der Waals surface area contributed by atoms with Gasteiger partial charge in [0, 0.05) is 19.8 Å². The van der Waals surface area contributed by atoms with E-state index in [1.807, 2.05) is 32.9 Å². The van der Waals surface area contributed by atoms with Crippen molar-refractivity contribution in [3.05, 3.63) is 28.8 Å². The van der Waals surface area contributed by atoms with E-state index >= 15 is 0 Å². The van der Waals surface area contributed by atoms with Gasteiger partial charge in [0.05, 0.1) is 6.54 Å². The summed E-state index contributed by atoms with van der Waals surface area (Å²) in [5.41, 5.74) is 4.00. The summed E-state index contributed by atoms with van der Waals surface area (Å²) in [6.07, 6.45) is 0. The number of anilines is 1. The van der Waals surface area contributed by atoms with Crippen molar-refractivity contribution in [2.24, 2.45) is 0 Å². The van der Waals surface area contributed by atoms with Gasteiger partial charge >= 0.3 is 0 Å². The maximum absolute atomic E-state index is 12.0. The van der Waals surface area contributed by atoms with E-state index in [1.165, 1.54) is 12.0 Å². The number of hydrogen-bond donors (Lipinski definition) is 1. The highest BCUT2D eigenvalue weighted by atomic mass is 16.5. The Kier molecular flexibility index (Phi) is 5.70. The Morgan fingerprint density at radius 2 is 1.75 bits per heavy atom. The lowest BCUT2D eigenvalue weighted by Crippen LogP contribution is -2.37. The van der Waals surface area contributed by atoms with Crippen LogP contribution in [0.2, 0.25) is 0 Å². The number of carbonyl (C=O) groups excluding carboxylic acids is 2. The van der Waals surface area contributed by atoms with Crippen LogP contribution in [0.4, 0.5) is 5.69 Å². The molecule has 0 aliphatic carbocycles. The van der Waals surface area contributed by atoms with Crippen LogP contribution in [-0.2, 0) is 14.3 Å². The minimum atomic E-state index is -0.222. The molecule has 20 heavy (non-hydrogen) atoms. The fraction of sp³-hybridized carbons (Fsp3) is 0.467. The maximum Gasteiger partial charge on any atom is 0.248 e. The minimum Gasteiger partial charge on any atom is -0.375 e. The minimum absolute atomic E-state index is 0.00888. The van der Waals surface area contributed by atoms with Crippen LogP contribution in [0.25, 0.3) is 0 Å². The molecule has 0 bridgehead atoms. The highest BCUT2D eigenvalue weighted by Crippen LogP contribution is 2.21. The fourth-order valence-electron chi connectivity index (χ4n) is 2.09. The average Bonchev–Trinajstić information content (AvgIpc) is 2.34. The van der Waals surface area contributed by atoms with Gasteiger partial charge < -0.3 is 15.0 Å². The Hall–Kier alpha value is -1.88. The number of hydrogen-bond acceptors (Lipinski definition) is 3. The van der Waals surface area contributed by atoms with E-state index in [1.54, 1.807) is 7.05 Å². The summed E-state index contributed by atoms with van der Waals surface area (Å²) in [5, 5.41) is 2.86. The standard InChI is InChI=1S/C15H22N2O3/c1-10-6-11(2)15(12(3)7-10)16-13(18)8-17(4)14(19)9-20-5/h6-7H,8-9H2,1-5H3,(H,16,18). The van der Waals surface area contributed by atoms with E-state index < -0.39 is 0 Å². The third kappa shape index (κ3) is 4.35. The van der Waals surface area contributed by atoms with E-state index in [-0.39, 0.29) is 25.0 Å². The monoisotopic (exact) mass is 278 g/mol. The van der Waals surface area contributed by atoms with Crippen LogP contribution in [0.15, 0.2) is 12.1 Å². The zero-order valence-corrected chi connectivity index (χ0v) is 12.7. The Labute approximate surface area is 119 Å². The molecule has 0 saturated heterocycles. The number of nitrogens with zero attached hydrogens (tertiary/aromatic N) is 1. The molecule has 0 aliphatic heterocycles. The molecule has 0 atom stereocenters. The van der Waals surface area contributed by atoms with Crippen molar-refractivity contribution in [1.29, 1.82) is 0 Å². The molecule has 0 saturated carbocycles. The van der Waals surface area contributed by atoms with Crippen LogP contribution in [-0.4, -0.2) is 44.0 Å². The largest absolute Gasteiger partial charge is 0.375 e. The van der Waals surface area contributed by atoms with Crippen molar-refractivity contribution >= 4 is 17.5 Å². The van der Waals surface area contributed by atoms with Crippen LogP contribution in [0.5, 0.6) is 0 Å². The fourth-order valence-corrected chi connectivity index (χ4v) is 2.09. The number of amides is 2. The van der Waals surface area contributed by atoms with E-state index in [4.69, 9.17) is 4.74 Å². The van der Waals surface area contributed by atoms with Crippen LogP contribution >= 0.6 is 0 Å². The molecular weight excluding hydrogens is 256 g/mol. The number of likely N-dealkylation sites (N-methyl/N-ethyl adjacent to an activating group) is 1. The molecule has 1 aromatic rings. The summed E-state index contributed by atoms with van der Waals surface area (Å²) in [6, 6.07) is 4.03. The summed E-state index contributed by atoms with van der Waals surface area (Å²) in [5.74, 6) is -0.438. The van der Waals surface area contributed by atoms with E-state index in [2.05, 4.69) is 5.32 Å². The van der Waals surface area contributed by atoms with Crippen molar-refractivity contribution < 1.29 is 14.3 Å². The summed E-state index contributed by atoms with van der Waals surface area (Å²) in [6.45, 7) is 5.91. The molecule has 1 N–H and O–H groups in total. The van der Waals surface area contributed by atoms with Crippen LogP contribution in [0.3, 0.4) is 0 Å². The lowest BCUT2D eigenvalue weighted by Gasteiger charge is -2.18. The molecule has 0 radical (unpaired) electrons. The number of ether oxygens (including phenoxy) is 1. The van der Waals surface area contributed by atoms with Gasteiger partial charge in [-0.1, -0.05) is 17.7 Å². The van der Waals surface area contributed by atoms with Crippen molar-refractivity contribution in [1.82, 2.24) is 4.90 Å². The third-order valence-electron chi connectivity index (χ3n) is 3.02. The highest BCUT2D eigenvalue weighted by Gasteiger charge is 2.14. The second-order valence-electron chi connectivity index (χ2n) is 5.00. The lowest BCUT2D eigenvalue weighted by molar-refractivity contribution is -0.136. The van der Waals surface area contributed by atoms with Crippen LogP contribution in [0, 0.1) is 20.8 Å². The Morgan fingerprint density at radius 3 is 2.25 bits per heavy atom. The Bertz CT molecular complexity index is 489. The molecule has 2 amide bonds. The van der Waals surface area contributed by atoms with Gasteiger partial charge in [-0.2, -0.15) is 0 Å². The molecular formula is C15H22N2O3. The molecule has 0 aliphatic rings. The molecule has 1 rings (SSSR count). The molecule has 1 aromatic carbocycles. The zero-order valence-electron chi connectivity index (χ0n) is 12.7. The van der Waals surface area contributed by atoms with Crippen LogP contribution in [0.1, 0.15) is 16.7 Å². The first-order chi connectivity index (χ1) is 9.35. The lowest BCUT2D eigenvalue weighted by atomic mass is 10.1. The maximum atomic E-state index is 12.0. The second kappa shape index (κ2) is 7.05. The summed E-state index contributed by atoms with van der Waals surface area (Å²) in [7, 11) is 3.03. The summed E-state index contributed by atoms with van der Waals surface area (Å²) < 4.78 is 4.75. The van der Waals surface area contributed by atoms with E-state index in [0.717, 1.165) is 22.4 Å². The second-order valence-corrected chi connectivity index (χ2v) is 5.00. The van der Waals surface area contributed by atoms with Gasteiger partial charge in [-0.3, -0.25) is 9.59 Å². The van der Waals surface area contributed by atoms with Gasteiger partial charge in [-0.15, -0.1) is 0 Å². The van der Waals surface area contributed by atoms with Crippen LogP contribution < -0.4 is 5.32 Å². The molecule has 0 heterocycles. The molecule has 0 aromatic heterocycles. The van der Waals surface area contributed by atoms with Crippen molar-refractivity contribution in [2.75, 3.05) is 32.6 Å².